The summed E-state index contributed by atoms with van der Waals surface area (Å²) in [7, 11) is 0. The summed E-state index contributed by atoms with van der Waals surface area (Å²) >= 11 is 0. The third-order valence-electron chi connectivity index (χ3n) is 4.85. The highest BCUT2D eigenvalue weighted by Gasteiger charge is 2.27. The lowest BCUT2D eigenvalue weighted by molar-refractivity contribution is -0.140. The Kier molecular flexibility index (Phi) is 6.75. The fourth-order valence-electron chi connectivity index (χ4n) is 3.40. The van der Waals surface area contributed by atoms with Gasteiger partial charge in [0.25, 0.3) is 5.91 Å². The molecule has 3 rings (SSSR count). The number of ether oxygens (including phenoxy) is 3. The van der Waals surface area contributed by atoms with Crippen LogP contribution in [0.5, 0.6) is 11.5 Å². The molecule has 0 bridgehead atoms. The number of carbonyl (C=O) groups excluding carboxylic acids is 2. The molecule has 6 nitrogen and oxygen atoms in total. The minimum Gasteiger partial charge on any atom is -0.490 e. The molecule has 0 fully saturated rings. The van der Waals surface area contributed by atoms with Gasteiger partial charge in [-0.25, -0.2) is 4.79 Å². The molecule has 29 heavy (non-hydrogen) atoms. The van der Waals surface area contributed by atoms with E-state index in [-0.39, 0.29) is 5.91 Å². The molecule has 0 aromatic heterocycles. The zero-order valence-electron chi connectivity index (χ0n) is 17.1. The molecule has 0 saturated heterocycles. The summed E-state index contributed by atoms with van der Waals surface area (Å²) in [5.41, 5.74) is 2.72. The molecule has 6 heteroatoms. The van der Waals surface area contributed by atoms with Gasteiger partial charge in [-0.3, -0.25) is 4.79 Å². The number of carbonyl (C=O) groups is 2. The summed E-state index contributed by atoms with van der Waals surface area (Å²) in [5, 5.41) is 0. The number of hydrogen-bond donors (Lipinski definition) is 0. The van der Waals surface area contributed by atoms with E-state index in [4.69, 9.17) is 14.2 Å². The highest BCUT2D eigenvalue weighted by atomic mass is 16.5. The van der Waals surface area contributed by atoms with E-state index in [9.17, 15) is 9.59 Å². The third kappa shape index (κ3) is 4.88. The molecule has 2 aromatic rings. The average molecular weight is 397 g/mol. The Morgan fingerprint density at radius 1 is 1.00 bits per heavy atom. The number of amides is 1. The van der Waals surface area contributed by atoms with Gasteiger partial charge in [-0.15, -0.1) is 0 Å². The molecule has 0 aliphatic carbocycles. The molecule has 1 heterocycles. The number of nitrogens with zero attached hydrogens (tertiary/aromatic N) is 1. The summed E-state index contributed by atoms with van der Waals surface area (Å²) in [6.07, 6.45) is -0.0611. The van der Waals surface area contributed by atoms with Crippen LogP contribution in [0.4, 0.5) is 0 Å². The Morgan fingerprint density at radius 3 is 2.41 bits per heavy atom. The van der Waals surface area contributed by atoms with Crippen LogP contribution in [0.3, 0.4) is 0 Å². The number of fused-ring (bicyclic) bond motifs is 1. The van der Waals surface area contributed by atoms with Gasteiger partial charge < -0.3 is 19.1 Å². The van der Waals surface area contributed by atoms with E-state index in [1.807, 2.05) is 32.0 Å². The van der Waals surface area contributed by atoms with Crippen molar-refractivity contribution in [1.29, 1.82) is 0 Å². The van der Waals surface area contributed by atoms with E-state index in [1.165, 1.54) is 5.56 Å². The van der Waals surface area contributed by atoms with Crippen LogP contribution in [-0.2, 0) is 22.5 Å². The van der Waals surface area contributed by atoms with Crippen molar-refractivity contribution < 1.29 is 23.8 Å². The normalized spacial score (nSPS) is 14.0. The summed E-state index contributed by atoms with van der Waals surface area (Å²) in [6, 6.07) is 13.0. The molecule has 0 N–H and O–H groups in total. The van der Waals surface area contributed by atoms with Crippen molar-refractivity contribution in [2.45, 2.75) is 39.8 Å². The Labute approximate surface area is 171 Å². The average Bonchev–Trinajstić information content (AvgIpc) is 2.74. The van der Waals surface area contributed by atoms with E-state index in [1.54, 1.807) is 30.0 Å². The molecule has 154 valence electrons. The van der Waals surface area contributed by atoms with Crippen molar-refractivity contribution in [3.05, 3.63) is 59.2 Å². The highest BCUT2D eigenvalue weighted by Crippen LogP contribution is 2.29. The fraction of sp³-hybridized carbons (Fsp3) is 0.391. The van der Waals surface area contributed by atoms with Crippen LogP contribution in [-0.4, -0.2) is 42.6 Å². The summed E-state index contributed by atoms with van der Waals surface area (Å²) in [4.78, 5) is 27.1. The summed E-state index contributed by atoms with van der Waals surface area (Å²) in [6.45, 7) is 7.45. The van der Waals surface area contributed by atoms with Crippen LogP contribution >= 0.6 is 0 Å². The quantitative estimate of drug-likeness (QED) is 0.668. The van der Waals surface area contributed by atoms with E-state index in [2.05, 4.69) is 6.07 Å². The monoisotopic (exact) mass is 397 g/mol. The largest absolute Gasteiger partial charge is 0.490 e. The van der Waals surface area contributed by atoms with Gasteiger partial charge >= 0.3 is 5.97 Å². The Bertz CT molecular complexity index is 879. The molecule has 0 radical (unpaired) electrons. The van der Waals surface area contributed by atoms with Crippen LogP contribution in [0, 0.1) is 0 Å². The first-order chi connectivity index (χ1) is 14.0. The SMILES string of the molecule is CCOc1ccc(C(=O)OC(C)C(=O)N2CCc3ccccc3C2)cc1OCC. The maximum atomic E-state index is 12.8. The molecule has 0 saturated carbocycles. The minimum atomic E-state index is -0.866. The zero-order chi connectivity index (χ0) is 20.8. The Balaban J connectivity index is 1.65. The number of hydrogen-bond acceptors (Lipinski definition) is 5. The summed E-state index contributed by atoms with van der Waals surface area (Å²) < 4.78 is 16.5. The highest BCUT2D eigenvalue weighted by molar-refractivity contribution is 5.93. The molecule has 2 aromatic carbocycles. The maximum absolute atomic E-state index is 12.8. The Morgan fingerprint density at radius 2 is 1.69 bits per heavy atom. The number of rotatable bonds is 7. The van der Waals surface area contributed by atoms with Gasteiger partial charge in [0.2, 0.25) is 0 Å². The first-order valence-corrected chi connectivity index (χ1v) is 9.99. The van der Waals surface area contributed by atoms with Crippen LogP contribution < -0.4 is 9.47 Å². The van der Waals surface area contributed by atoms with Gasteiger partial charge in [0.1, 0.15) is 0 Å². The fourth-order valence-corrected chi connectivity index (χ4v) is 3.40. The van der Waals surface area contributed by atoms with Crippen molar-refractivity contribution in [3.63, 3.8) is 0 Å². The molecule has 1 aliphatic rings. The van der Waals surface area contributed by atoms with E-state index in [0.717, 1.165) is 12.0 Å². The van der Waals surface area contributed by atoms with Crippen LogP contribution in [0.2, 0.25) is 0 Å². The standard InChI is InChI=1S/C23H27NO5/c1-4-27-20-11-10-18(14-21(20)28-5-2)23(26)29-16(3)22(25)24-13-12-17-8-6-7-9-19(17)15-24/h6-11,14,16H,4-5,12-13,15H2,1-3H3. The number of esters is 1. The predicted octanol–water partition coefficient (Wildman–Crippen LogP) is 3.61. The second-order valence-electron chi connectivity index (χ2n) is 6.85. The summed E-state index contributed by atoms with van der Waals surface area (Å²) in [5.74, 6) is 0.300. The molecule has 1 aliphatic heterocycles. The molecule has 1 atom stereocenters. The van der Waals surface area contributed by atoms with Crippen molar-refractivity contribution in [2.24, 2.45) is 0 Å². The van der Waals surface area contributed by atoms with Crippen molar-refractivity contribution in [1.82, 2.24) is 4.90 Å². The van der Waals surface area contributed by atoms with Gasteiger partial charge in [0, 0.05) is 13.1 Å². The second kappa shape index (κ2) is 9.45. The molecule has 1 amide bonds. The van der Waals surface area contributed by atoms with Gasteiger partial charge in [0.05, 0.1) is 18.8 Å². The van der Waals surface area contributed by atoms with Crippen LogP contribution in [0.25, 0.3) is 0 Å². The van der Waals surface area contributed by atoms with Gasteiger partial charge in [0.15, 0.2) is 17.6 Å². The molecular weight excluding hydrogens is 370 g/mol. The van der Waals surface area contributed by atoms with Gasteiger partial charge in [-0.05, 0) is 56.5 Å². The zero-order valence-corrected chi connectivity index (χ0v) is 17.1. The van der Waals surface area contributed by atoms with E-state index < -0.39 is 12.1 Å². The number of benzene rings is 2. The van der Waals surface area contributed by atoms with Gasteiger partial charge in [-0.2, -0.15) is 0 Å². The van der Waals surface area contributed by atoms with E-state index in [0.29, 0.717) is 43.4 Å². The first kappa shape index (κ1) is 20.7. The second-order valence-corrected chi connectivity index (χ2v) is 6.85. The smallest absolute Gasteiger partial charge is 0.339 e. The molecule has 0 spiro atoms. The van der Waals surface area contributed by atoms with Crippen LogP contribution in [0.1, 0.15) is 42.3 Å². The van der Waals surface area contributed by atoms with Crippen molar-refractivity contribution in [3.8, 4) is 11.5 Å². The lowest BCUT2D eigenvalue weighted by atomic mass is 9.99. The third-order valence-corrected chi connectivity index (χ3v) is 4.85. The van der Waals surface area contributed by atoms with Crippen molar-refractivity contribution >= 4 is 11.9 Å². The lowest BCUT2D eigenvalue weighted by Gasteiger charge is -2.30. The minimum absolute atomic E-state index is 0.191. The first-order valence-electron chi connectivity index (χ1n) is 9.99. The molecule has 1 unspecified atom stereocenters. The van der Waals surface area contributed by atoms with Crippen LogP contribution in [0.15, 0.2) is 42.5 Å². The predicted molar refractivity (Wildman–Crippen MR) is 109 cm³/mol. The molecular formula is C23H27NO5. The topological polar surface area (TPSA) is 65.1 Å². The Hall–Kier alpha value is -3.02. The van der Waals surface area contributed by atoms with Gasteiger partial charge in [-0.1, -0.05) is 24.3 Å². The lowest BCUT2D eigenvalue weighted by Crippen LogP contribution is -2.42. The maximum Gasteiger partial charge on any atom is 0.339 e. The van der Waals surface area contributed by atoms with Crippen molar-refractivity contribution in [2.75, 3.05) is 19.8 Å². The van der Waals surface area contributed by atoms with E-state index >= 15 is 0 Å².